The van der Waals surface area contributed by atoms with Gasteiger partial charge in [-0.1, -0.05) is 13.3 Å². The molecule has 0 aliphatic heterocycles. The van der Waals surface area contributed by atoms with Gasteiger partial charge in [0, 0.05) is 0 Å². The Bertz CT molecular complexity index is 369. The van der Waals surface area contributed by atoms with E-state index in [0.29, 0.717) is 6.42 Å². The molecule has 110 valence electrons. The first-order chi connectivity index (χ1) is 7.72. The zero-order valence-electron chi connectivity index (χ0n) is 10.7. The number of hydrogen-bond acceptors (Lipinski definition) is 6. The molecule has 0 amide bonds. The second-order valence-electron chi connectivity index (χ2n) is 4.61. The Morgan fingerprint density at radius 3 is 1.83 bits per heavy atom. The van der Waals surface area contributed by atoms with Crippen molar-refractivity contribution in [1.29, 1.82) is 0 Å². The van der Waals surface area contributed by atoms with Crippen LogP contribution in [-0.2, 0) is 18.2 Å². The average molecular weight is 304 g/mol. The summed E-state index contributed by atoms with van der Waals surface area (Å²) in [7, 11) is -10.2. The minimum atomic E-state index is -5.31. The molecule has 2 N–H and O–H groups in total. The summed E-state index contributed by atoms with van der Waals surface area (Å²) in [6, 6.07) is 0. The van der Waals surface area contributed by atoms with Crippen LogP contribution in [-0.4, -0.2) is 21.0 Å². The Hall–Kier alpha value is 0.220. The standard InChI is InChI=1S/C8H20O8P2/c1-5-6-8(4,16-18(12,13)14)7(2,3)15-17(9,10)11/h5-6H2,1-4H3,(H2,9,10,11)(H2,12,13,14)/p-2. The average Bonchev–Trinajstić information content (AvgIpc) is 1.94. The third-order valence-electron chi connectivity index (χ3n) is 2.66. The van der Waals surface area contributed by atoms with Crippen LogP contribution >= 0.6 is 15.6 Å². The molecule has 8 nitrogen and oxygen atoms in total. The predicted octanol–water partition coefficient (Wildman–Crippen LogP) is 0.278. The molecule has 0 saturated heterocycles. The molecular formula is C8H18O8P2-2. The molecule has 0 aliphatic rings. The van der Waals surface area contributed by atoms with Crippen molar-refractivity contribution in [3.05, 3.63) is 0 Å². The van der Waals surface area contributed by atoms with E-state index in [9.17, 15) is 18.9 Å². The molecule has 18 heavy (non-hydrogen) atoms. The first-order valence-corrected chi connectivity index (χ1v) is 8.21. The van der Waals surface area contributed by atoms with Gasteiger partial charge in [0.15, 0.2) is 0 Å². The lowest BCUT2D eigenvalue weighted by Gasteiger charge is -2.48. The molecule has 10 heteroatoms. The van der Waals surface area contributed by atoms with Crippen LogP contribution in [0, 0.1) is 0 Å². The van der Waals surface area contributed by atoms with E-state index in [2.05, 4.69) is 9.05 Å². The van der Waals surface area contributed by atoms with Gasteiger partial charge in [-0.05, 0) is 27.2 Å². The third kappa shape index (κ3) is 5.91. The molecule has 0 saturated carbocycles. The number of phosphoric ester groups is 2. The summed E-state index contributed by atoms with van der Waals surface area (Å²) in [6.45, 7) is 5.46. The zero-order chi connectivity index (χ0) is 14.8. The van der Waals surface area contributed by atoms with E-state index < -0.39 is 26.8 Å². The highest BCUT2D eigenvalue weighted by Gasteiger charge is 2.47. The highest BCUT2D eigenvalue weighted by molar-refractivity contribution is 7.46. The Kier molecular flexibility index (Phi) is 5.76. The Balaban J connectivity index is 5.31. The van der Waals surface area contributed by atoms with Crippen molar-refractivity contribution in [1.82, 2.24) is 0 Å². The van der Waals surface area contributed by atoms with Crippen LogP contribution in [0.3, 0.4) is 0 Å². The predicted molar refractivity (Wildman–Crippen MR) is 59.2 cm³/mol. The Morgan fingerprint density at radius 1 is 1.11 bits per heavy atom. The van der Waals surface area contributed by atoms with Gasteiger partial charge in [0.05, 0.1) is 13.4 Å². The van der Waals surface area contributed by atoms with Crippen LogP contribution < -0.4 is 9.79 Å². The second-order valence-corrected chi connectivity index (χ2v) is 6.85. The monoisotopic (exact) mass is 304 g/mol. The molecule has 0 heterocycles. The van der Waals surface area contributed by atoms with Crippen LogP contribution in [0.1, 0.15) is 40.5 Å². The molecule has 0 aromatic carbocycles. The summed E-state index contributed by atoms with van der Waals surface area (Å²) in [5.41, 5.74) is -3.32. The maximum atomic E-state index is 10.9. The van der Waals surface area contributed by atoms with Gasteiger partial charge in [-0.15, -0.1) is 0 Å². The second kappa shape index (κ2) is 5.69. The van der Waals surface area contributed by atoms with E-state index >= 15 is 0 Å². The van der Waals surface area contributed by atoms with Gasteiger partial charge < -0.3 is 28.7 Å². The van der Waals surface area contributed by atoms with Crippen molar-refractivity contribution in [3.8, 4) is 0 Å². The molecule has 0 radical (unpaired) electrons. The van der Waals surface area contributed by atoms with Crippen molar-refractivity contribution in [2.75, 3.05) is 0 Å². The number of phosphoric acid groups is 2. The minimum absolute atomic E-state index is 0.0778. The fourth-order valence-corrected chi connectivity index (χ4v) is 3.17. The molecule has 0 aliphatic carbocycles. The van der Waals surface area contributed by atoms with E-state index in [4.69, 9.17) is 9.79 Å². The summed E-state index contributed by atoms with van der Waals surface area (Å²) in [5.74, 6) is 0. The van der Waals surface area contributed by atoms with Crippen molar-refractivity contribution in [3.63, 3.8) is 0 Å². The lowest BCUT2D eigenvalue weighted by atomic mass is 9.84. The summed E-state index contributed by atoms with van der Waals surface area (Å²) in [4.78, 5) is 39.1. The van der Waals surface area contributed by atoms with E-state index in [1.54, 1.807) is 6.92 Å². The molecule has 1 unspecified atom stereocenters. The van der Waals surface area contributed by atoms with Crippen molar-refractivity contribution >= 4 is 15.6 Å². The number of rotatable bonds is 7. The fraction of sp³-hybridized carbons (Fsp3) is 1.00. The van der Waals surface area contributed by atoms with Crippen LogP contribution in [0.5, 0.6) is 0 Å². The lowest BCUT2D eigenvalue weighted by Crippen LogP contribution is -2.51. The van der Waals surface area contributed by atoms with Crippen LogP contribution in [0.2, 0.25) is 0 Å². The third-order valence-corrected chi connectivity index (χ3v) is 3.98. The van der Waals surface area contributed by atoms with E-state index in [0.717, 1.165) is 0 Å². The van der Waals surface area contributed by atoms with Crippen molar-refractivity contribution in [2.24, 2.45) is 0 Å². The molecule has 0 aromatic heterocycles. The highest BCUT2D eigenvalue weighted by atomic mass is 31.2. The minimum Gasteiger partial charge on any atom is -0.790 e. The van der Waals surface area contributed by atoms with Crippen LogP contribution in [0.15, 0.2) is 0 Å². The first-order valence-electron chi connectivity index (χ1n) is 5.21. The summed E-state index contributed by atoms with van der Waals surface area (Å²) in [5, 5.41) is 0. The lowest BCUT2D eigenvalue weighted by molar-refractivity contribution is -0.354. The van der Waals surface area contributed by atoms with Gasteiger partial charge >= 0.3 is 7.82 Å². The first kappa shape index (κ1) is 18.2. The molecule has 0 bridgehead atoms. The molecule has 0 fully saturated rings. The smallest absolute Gasteiger partial charge is 0.470 e. The molecule has 1 atom stereocenters. The largest absolute Gasteiger partial charge is 0.790 e. The quantitative estimate of drug-likeness (QED) is 0.639. The molecule has 0 spiro atoms. The van der Waals surface area contributed by atoms with Crippen molar-refractivity contribution < 1.29 is 37.8 Å². The van der Waals surface area contributed by atoms with Crippen molar-refractivity contribution in [2.45, 2.75) is 51.7 Å². The maximum absolute atomic E-state index is 10.9. The van der Waals surface area contributed by atoms with Gasteiger partial charge in [0.25, 0.3) is 0 Å². The van der Waals surface area contributed by atoms with E-state index in [1.165, 1.54) is 20.8 Å². The summed E-state index contributed by atoms with van der Waals surface area (Å²) >= 11 is 0. The zero-order valence-corrected chi connectivity index (χ0v) is 12.4. The van der Waals surface area contributed by atoms with E-state index in [1.807, 2.05) is 0 Å². The van der Waals surface area contributed by atoms with Gasteiger partial charge in [-0.2, -0.15) is 0 Å². The Labute approximate surface area is 106 Å². The summed E-state index contributed by atoms with van der Waals surface area (Å²) in [6.07, 6.45) is 0.513. The number of hydrogen-bond donors (Lipinski definition) is 2. The topological polar surface area (TPSA) is 139 Å². The van der Waals surface area contributed by atoms with Gasteiger partial charge in [0.1, 0.15) is 5.60 Å². The fourth-order valence-electron chi connectivity index (χ4n) is 1.57. The SMILES string of the molecule is CCCC(C)(OP(=O)([O-])[O-])C(C)(C)OP(=O)(O)O. The van der Waals surface area contributed by atoms with Crippen LogP contribution in [0.25, 0.3) is 0 Å². The van der Waals surface area contributed by atoms with Gasteiger partial charge in [-0.25, -0.2) is 4.57 Å². The highest BCUT2D eigenvalue weighted by Crippen LogP contribution is 2.50. The molecule has 0 rings (SSSR count). The summed E-state index contributed by atoms with van der Waals surface area (Å²) < 4.78 is 30.6. The van der Waals surface area contributed by atoms with Gasteiger partial charge in [-0.3, -0.25) is 4.52 Å². The molecular weight excluding hydrogens is 286 g/mol. The van der Waals surface area contributed by atoms with Gasteiger partial charge in [0.2, 0.25) is 0 Å². The van der Waals surface area contributed by atoms with E-state index in [-0.39, 0.29) is 6.42 Å². The Morgan fingerprint density at radius 2 is 1.56 bits per heavy atom. The maximum Gasteiger partial charge on any atom is 0.470 e. The van der Waals surface area contributed by atoms with Crippen LogP contribution in [0.4, 0.5) is 0 Å². The normalized spacial score (nSPS) is 17.6. The molecule has 0 aromatic rings.